The van der Waals surface area contributed by atoms with Gasteiger partial charge in [0.2, 0.25) is 5.40 Å². The molecule has 0 aliphatic carbocycles. The van der Waals surface area contributed by atoms with Crippen LogP contribution in [0, 0.1) is 11.8 Å². The highest BCUT2D eigenvalue weighted by atomic mass is 31.2. The van der Waals surface area contributed by atoms with E-state index >= 15 is 0 Å². The Hall–Kier alpha value is -0.990. The maximum atomic E-state index is 11.3. The molecule has 122 valence electrons. The molecule has 0 spiro atoms. The van der Waals surface area contributed by atoms with Gasteiger partial charge in [-0.25, -0.2) is 4.57 Å². The van der Waals surface area contributed by atoms with Gasteiger partial charge in [0, 0.05) is 12.5 Å². The summed E-state index contributed by atoms with van der Waals surface area (Å²) in [6.07, 6.45) is 5.76. The molecular formula is C13H20NO6P2+. The van der Waals surface area contributed by atoms with E-state index in [9.17, 15) is 9.13 Å². The molecule has 4 N–H and O–H groups in total. The Morgan fingerprint density at radius 2 is 1.86 bits per heavy atom. The minimum Gasteiger partial charge on any atom is -0.324 e. The topological polar surface area (TPSA) is 119 Å². The third-order valence-corrected chi connectivity index (χ3v) is 6.58. The number of rotatable bonds is 6. The molecule has 0 unspecified atom stereocenters. The van der Waals surface area contributed by atoms with E-state index < -0.39 is 27.1 Å². The number of nitrogens with zero attached hydrogens (tertiary/aromatic N) is 1. The summed E-state index contributed by atoms with van der Waals surface area (Å²) in [5.41, 5.74) is 0.619. The second kappa shape index (κ2) is 8.03. The van der Waals surface area contributed by atoms with Crippen LogP contribution < -0.4 is 4.57 Å². The van der Waals surface area contributed by atoms with Crippen LogP contribution in [0.25, 0.3) is 0 Å². The van der Waals surface area contributed by atoms with Crippen molar-refractivity contribution in [2.45, 2.75) is 38.1 Å². The second-order valence-electron chi connectivity index (χ2n) is 4.85. The van der Waals surface area contributed by atoms with Gasteiger partial charge < -0.3 is 19.6 Å². The lowest BCUT2D eigenvalue weighted by atomic mass is 10.2. The first-order valence-electron chi connectivity index (χ1n) is 6.73. The molecule has 7 nitrogen and oxygen atoms in total. The normalized spacial score (nSPS) is 12.1. The average molecular weight is 348 g/mol. The number of hydrogen-bond donors (Lipinski definition) is 4. The van der Waals surface area contributed by atoms with Crippen LogP contribution in [0.5, 0.6) is 0 Å². The Balaban J connectivity index is 2.95. The van der Waals surface area contributed by atoms with Crippen molar-refractivity contribution in [1.82, 2.24) is 0 Å². The molecule has 0 saturated heterocycles. The van der Waals surface area contributed by atoms with Crippen molar-refractivity contribution in [3.63, 3.8) is 0 Å². The highest BCUT2D eigenvalue weighted by Gasteiger charge is 2.46. The maximum Gasteiger partial charge on any atom is 0.347 e. The maximum absolute atomic E-state index is 11.3. The first-order chi connectivity index (χ1) is 10.1. The van der Waals surface area contributed by atoms with Gasteiger partial charge in [0.05, 0.1) is 5.56 Å². The summed E-state index contributed by atoms with van der Waals surface area (Å²) in [6.45, 7) is 1.57. The summed E-state index contributed by atoms with van der Waals surface area (Å²) < 4.78 is 23.9. The molecule has 0 bridgehead atoms. The van der Waals surface area contributed by atoms with Crippen molar-refractivity contribution in [2.75, 3.05) is 0 Å². The summed E-state index contributed by atoms with van der Waals surface area (Å²) >= 11 is 0. The van der Waals surface area contributed by atoms with E-state index in [4.69, 9.17) is 19.6 Å². The van der Waals surface area contributed by atoms with Crippen LogP contribution in [0.4, 0.5) is 0 Å². The predicted molar refractivity (Wildman–Crippen MR) is 80.9 cm³/mol. The minimum atomic E-state index is -4.93. The summed E-state index contributed by atoms with van der Waals surface area (Å²) in [5.74, 6) is 5.88. The molecule has 0 atom stereocenters. The van der Waals surface area contributed by atoms with E-state index in [0.29, 0.717) is 5.56 Å². The lowest BCUT2D eigenvalue weighted by Gasteiger charge is -2.16. The van der Waals surface area contributed by atoms with Crippen LogP contribution >= 0.6 is 15.2 Å². The zero-order chi connectivity index (χ0) is 16.8. The molecule has 0 radical (unpaired) electrons. The Kier molecular flexibility index (Phi) is 6.96. The standard InChI is InChI=1S/C13H19NO6P2/c1-2-3-4-5-7-12-8-6-9-14(10-12)11-13(21(15,16)17)22(18,19)20/h6,8-10,13H,2-4,11H2,1H3,(H3-,15,16,17,18,19,20)/p+1. The summed E-state index contributed by atoms with van der Waals surface area (Å²) in [5, 5.41) is -2.06. The van der Waals surface area contributed by atoms with Gasteiger partial charge in [0.15, 0.2) is 18.9 Å². The largest absolute Gasteiger partial charge is 0.347 e. The van der Waals surface area contributed by atoms with E-state index in [1.54, 1.807) is 12.1 Å². The van der Waals surface area contributed by atoms with E-state index in [0.717, 1.165) is 19.3 Å². The van der Waals surface area contributed by atoms with E-state index in [2.05, 4.69) is 18.8 Å². The molecule has 1 rings (SSSR count). The molecule has 0 aliphatic rings. The molecule has 1 aromatic heterocycles. The zero-order valence-corrected chi connectivity index (χ0v) is 14.0. The fraction of sp³-hybridized carbons (Fsp3) is 0.462. The lowest BCUT2D eigenvalue weighted by Crippen LogP contribution is -2.39. The molecule has 0 aromatic carbocycles. The van der Waals surface area contributed by atoms with Crippen LogP contribution in [-0.4, -0.2) is 25.0 Å². The van der Waals surface area contributed by atoms with Crippen LogP contribution in [0.3, 0.4) is 0 Å². The number of unbranched alkanes of at least 4 members (excludes halogenated alkanes) is 2. The fourth-order valence-electron chi connectivity index (χ4n) is 1.74. The van der Waals surface area contributed by atoms with Gasteiger partial charge >= 0.3 is 15.2 Å². The van der Waals surface area contributed by atoms with Crippen molar-refractivity contribution in [2.24, 2.45) is 0 Å². The molecule has 0 amide bonds. The van der Waals surface area contributed by atoms with Crippen molar-refractivity contribution in [1.29, 1.82) is 0 Å². The van der Waals surface area contributed by atoms with Gasteiger partial charge in [-0.15, -0.1) is 0 Å². The Morgan fingerprint density at radius 1 is 1.23 bits per heavy atom. The van der Waals surface area contributed by atoms with Crippen LogP contribution in [-0.2, 0) is 15.7 Å². The second-order valence-corrected chi connectivity index (χ2v) is 8.86. The van der Waals surface area contributed by atoms with Crippen molar-refractivity contribution in [3.8, 4) is 11.8 Å². The number of hydrogen-bond acceptors (Lipinski definition) is 2. The lowest BCUT2D eigenvalue weighted by molar-refractivity contribution is -0.694. The fourth-order valence-corrected chi connectivity index (χ4v) is 4.11. The smallest absolute Gasteiger partial charge is 0.324 e. The highest BCUT2D eigenvalue weighted by Crippen LogP contribution is 2.59. The molecule has 1 aromatic rings. The zero-order valence-electron chi connectivity index (χ0n) is 12.2. The van der Waals surface area contributed by atoms with E-state index in [-0.39, 0.29) is 0 Å². The summed E-state index contributed by atoms with van der Waals surface area (Å²) in [6, 6.07) is 3.33. The Bertz CT molecular complexity index is 632. The first kappa shape index (κ1) is 19.1. The minimum absolute atomic E-state index is 0.487. The average Bonchev–Trinajstić information content (AvgIpc) is 2.39. The van der Waals surface area contributed by atoms with Gasteiger partial charge in [-0.3, -0.25) is 9.13 Å². The van der Waals surface area contributed by atoms with Gasteiger partial charge in [0.25, 0.3) is 0 Å². The highest BCUT2D eigenvalue weighted by molar-refractivity contribution is 7.70. The third-order valence-electron chi connectivity index (χ3n) is 2.90. The number of aromatic nitrogens is 1. The summed E-state index contributed by atoms with van der Waals surface area (Å²) in [4.78, 5) is 36.5. The molecule has 0 fully saturated rings. The predicted octanol–water partition coefficient (Wildman–Crippen LogP) is 1.20. The quantitative estimate of drug-likeness (QED) is 0.265. The molecule has 22 heavy (non-hydrogen) atoms. The summed E-state index contributed by atoms with van der Waals surface area (Å²) in [7, 11) is -9.86. The Labute approximate surface area is 129 Å². The van der Waals surface area contributed by atoms with Crippen molar-refractivity contribution >= 4 is 15.2 Å². The number of pyridine rings is 1. The van der Waals surface area contributed by atoms with Crippen molar-refractivity contribution in [3.05, 3.63) is 30.1 Å². The molecule has 1 heterocycles. The molecule has 9 heteroatoms. The monoisotopic (exact) mass is 348 g/mol. The van der Waals surface area contributed by atoms with Crippen LogP contribution in [0.1, 0.15) is 31.7 Å². The van der Waals surface area contributed by atoms with Gasteiger partial charge in [-0.05, 0) is 12.5 Å². The molecule has 0 saturated carbocycles. The van der Waals surface area contributed by atoms with E-state index in [1.807, 2.05) is 0 Å². The van der Waals surface area contributed by atoms with Gasteiger partial charge in [0.1, 0.15) is 0 Å². The van der Waals surface area contributed by atoms with E-state index in [1.165, 1.54) is 17.0 Å². The van der Waals surface area contributed by atoms with Gasteiger partial charge in [-0.2, -0.15) is 0 Å². The molecule has 0 aliphatic heterocycles. The van der Waals surface area contributed by atoms with Gasteiger partial charge in [-0.1, -0.05) is 25.2 Å². The third kappa shape index (κ3) is 6.41. The van der Waals surface area contributed by atoms with Crippen molar-refractivity contribution < 1.29 is 33.3 Å². The SMILES string of the molecule is CCCCC#Cc1ccc[n+](CC(P(=O)(O)O)P(=O)(O)O)c1. The molecular weight excluding hydrogens is 328 g/mol. The van der Waals surface area contributed by atoms with Crippen LogP contribution in [0.2, 0.25) is 0 Å². The Morgan fingerprint density at radius 3 is 2.41 bits per heavy atom. The van der Waals surface area contributed by atoms with Crippen LogP contribution in [0.15, 0.2) is 24.5 Å². The first-order valence-corrected chi connectivity index (χ1v) is 10.1.